The number of nitrogens with zero attached hydrogens (tertiary/aromatic N) is 1. The average Bonchev–Trinajstić information content (AvgIpc) is 2.37. The third-order valence-corrected chi connectivity index (χ3v) is 6.32. The molecule has 0 aromatic rings. The zero-order chi connectivity index (χ0) is 18.0. The highest BCUT2D eigenvalue weighted by atomic mass is 79.9. The molecule has 0 atom stereocenters. The standard InChI is InChI=1S/C6H15N.C4H7BrF3NO4S2/c1-4-7(5-2)6-3;5-2-1-3-14(10,11)9-15(12,13)4(6,7)8/h4-6H2,1-3H3;9H,1-3H2. The molecule has 0 saturated carbocycles. The maximum atomic E-state index is 11.8. The smallest absolute Gasteiger partial charge is 0.304 e. The largest absolute Gasteiger partial charge is 0.512 e. The van der Waals surface area contributed by atoms with Gasteiger partial charge < -0.3 is 4.90 Å². The first-order valence-corrected chi connectivity index (χ1v) is 10.7. The van der Waals surface area contributed by atoms with Gasteiger partial charge in [-0.15, -0.1) is 4.13 Å². The SMILES string of the molecule is CCN(CC)CC.O=S(=O)(CCCBr)NS(=O)(=O)C(F)(F)F. The summed E-state index contributed by atoms with van der Waals surface area (Å²) in [6.07, 6.45) is 0.00269. The number of hydrogen-bond donors (Lipinski definition) is 1. The molecule has 0 heterocycles. The van der Waals surface area contributed by atoms with Crippen LogP contribution in [0.1, 0.15) is 27.2 Å². The number of halogens is 4. The van der Waals surface area contributed by atoms with E-state index in [2.05, 4.69) is 41.6 Å². The highest BCUT2D eigenvalue weighted by Gasteiger charge is 2.48. The zero-order valence-electron chi connectivity index (χ0n) is 12.7. The van der Waals surface area contributed by atoms with Crippen LogP contribution in [-0.4, -0.2) is 58.0 Å². The van der Waals surface area contributed by atoms with Crippen LogP contribution in [0.25, 0.3) is 0 Å². The monoisotopic (exact) mass is 434 g/mol. The lowest BCUT2D eigenvalue weighted by Gasteiger charge is -2.13. The molecule has 0 aromatic heterocycles. The molecule has 12 heteroatoms. The van der Waals surface area contributed by atoms with Crippen molar-refractivity contribution in [1.82, 2.24) is 9.03 Å². The summed E-state index contributed by atoms with van der Waals surface area (Å²) in [7, 11) is -10.3. The Morgan fingerprint density at radius 2 is 1.41 bits per heavy atom. The van der Waals surface area contributed by atoms with Gasteiger partial charge in [-0.3, -0.25) is 0 Å². The van der Waals surface area contributed by atoms with Gasteiger partial charge in [0.1, 0.15) is 0 Å². The number of nitrogens with one attached hydrogen (secondary N) is 1. The van der Waals surface area contributed by atoms with Gasteiger partial charge in [-0.25, -0.2) is 16.8 Å². The van der Waals surface area contributed by atoms with E-state index in [1.807, 2.05) is 0 Å². The molecule has 22 heavy (non-hydrogen) atoms. The minimum atomic E-state index is -5.84. The minimum absolute atomic E-state index is 0.00269. The summed E-state index contributed by atoms with van der Waals surface area (Å²) in [5.41, 5.74) is -5.63. The van der Waals surface area contributed by atoms with Crippen LogP contribution in [0.2, 0.25) is 0 Å². The van der Waals surface area contributed by atoms with Crippen LogP contribution in [0.5, 0.6) is 0 Å². The molecule has 0 aliphatic heterocycles. The highest BCUT2D eigenvalue weighted by Crippen LogP contribution is 2.22. The van der Waals surface area contributed by atoms with Gasteiger partial charge in [-0.2, -0.15) is 13.2 Å². The molecule has 0 aromatic carbocycles. The molecule has 0 bridgehead atoms. The molecule has 0 unspecified atom stereocenters. The molecular formula is C10H22BrF3N2O4S2. The van der Waals surface area contributed by atoms with Crippen molar-refractivity contribution in [1.29, 1.82) is 0 Å². The van der Waals surface area contributed by atoms with E-state index in [1.54, 1.807) is 0 Å². The van der Waals surface area contributed by atoms with Gasteiger partial charge in [0.2, 0.25) is 10.0 Å². The van der Waals surface area contributed by atoms with Gasteiger partial charge in [0.15, 0.2) is 0 Å². The van der Waals surface area contributed by atoms with Crippen molar-refractivity contribution in [3.8, 4) is 0 Å². The summed E-state index contributed by atoms with van der Waals surface area (Å²) in [5, 5.41) is 0.236. The first-order chi connectivity index (χ1) is 9.86. The molecule has 0 fully saturated rings. The van der Waals surface area contributed by atoms with Crippen LogP contribution in [0.3, 0.4) is 0 Å². The van der Waals surface area contributed by atoms with Gasteiger partial charge in [-0.1, -0.05) is 36.7 Å². The number of sulfonamides is 2. The summed E-state index contributed by atoms with van der Waals surface area (Å²) in [6, 6.07) is 0. The fourth-order valence-corrected chi connectivity index (χ4v) is 4.40. The second kappa shape index (κ2) is 10.8. The second-order valence-corrected chi connectivity index (χ2v) is 8.58. The van der Waals surface area contributed by atoms with Gasteiger partial charge in [0.05, 0.1) is 5.75 Å². The zero-order valence-corrected chi connectivity index (χ0v) is 15.9. The lowest BCUT2D eigenvalue weighted by molar-refractivity contribution is -0.0441. The van der Waals surface area contributed by atoms with E-state index in [0.29, 0.717) is 4.13 Å². The summed E-state index contributed by atoms with van der Waals surface area (Å²) < 4.78 is 78.4. The molecular weight excluding hydrogens is 413 g/mol. The van der Waals surface area contributed by atoms with Crippen molar-refractivity contribution >= 4 is 36.0 Å². The van der Waals surface area contributed by atoms with Crippen LogP contribution < -0.4 is 4.13 Å². The fraction of sp³-hybridized carbons (Fsp3) is 1.00. The van der Waals surface area contributed by atoms with Crippen molar-refractivity contribution < 1.29 is 30.0 Å². The Balaban J connectivity index is 0. The minimum Gasteiger partial charge on any atom is -0.304 e. The van der Waals surface area contributed by atoms with Crippen molar-refractivity contribution in [2.24, 2.45) is 0 Å². The van der Waals surface area contributed by atoms with Crippen LogP contribution in [-0.2, 0) is 20.0 Å². The molecule has 0 radical (unpaired) electrons. The fourth-order valence-electron chi connectivity index (χ4n) is 1.17. The van der Waals surface area contributed by atoms with Crippen LogP contribution in [0.15, 0.2) is 0 Å². The van der Waals surface area contributed by atoms with E-state index < -0.39 is 31.3 Å². The van der Waals surface area contributed by atoms with Crippen LogP contribution in [0.4, 0.5) is 13.2 Å². The van der Waals surface area contributed by atoms with Crippen molar-refractivity contribution in [2.75, 3.05) is 30.7 Å². The Morgan fingerprint density at radius 1 is 1.00 bits per heavy atom. The van der Waals surface area contributed by atoms with E-state index in [0.717, 1.165) is 0 Å². The first-order valence-electron chi connectivity index (χ1n) is 6.47. The van der Waals surface area contributed by atoms with Gasteiger partial charge in [0, 0.05) is 5.33 Å². The molecule has 0 spiro atoms. The summed E-state index contributed by atoms with van der Waals surface area (Å²) in [5.74, 6) is -0.701. The summed E-state index contributed by atoms with van der Waals surface area (Å²) in [4.78, 5) is 2.38. The number of hydrogen-bond acceptors (Lipinski definition) is 5. The molecule has 0 saturated heterocycles. The lowest BCUT2D eigenvalue weighted by atomic mass is 10.5. The average molecular weight is 435 g/mol. The van der Waals surface area contributed by atoms with E-state index in [4.69, 9.17) is 0 Å². The number of alkyl halides is 4. The third kappa shape index (κ3) is 10.8. The summed E-state index contributed by atoms with van der Waals surface area (Å²) in [6.45, 7) is 10.1. The Morgan fingerprint density at radius 3 is 1.64 bits per heavy atom. The van der Waals surface area contributed by atoms with Crippen molar-refractivity contribution in [2.45, 2.75) is 32.7 Å². The summed E-state index contributed by atoms with van der Waals surface area (Å²) >= 11 is 2.86. The first kappa shape index (κ1) is 24.3. The molecule has 0 rings (SSSR count). The van der Waals surface area contributed by atoms with Crippen LogP contribution in [0, 0.1) is 0 Å². The predicted octanol–water partition coefficient (Wildman–Crippen LogP) is 1.89. The van der Waals surface area contributed by atoms with Crippen molar-refractivity contribution in [3.63, 3.8) is 0 Å². The quantitative estimate of drug-likeness (QED) is 0.589. The maximum Gasteiger partial charge on any atom is 0.512 e. The maximum absolute atomic E-state index is 11.8. The molecule has 0 amide bonds. The van der Waals surface area contributed by atoms with E-state index in [1.165, 1.54) is 19.6 Å². The molecule has 0 aliphatic rings. The normalized spacial score (nSPS) is 12.9. The second-order valence-electron chi connectivity index (χ2n) is 4.01. The molecule has 1 N–H and O–H groups in total. The molecule has 0 aliphatic carbocycles. The van der Waals surface area contributed by atoms with E-state index in [-0.39, 0.29) is 11.8 Å². The molecule has 136 valence electrons. The molecule has 6 nitrogen and oxygen atoms in total. The number of rotatable bonds is 8. The van der Waals surface area contributed by atoms with Gasteiger partial charge in [-0.05, 0) is 26.1 Å². The van der Waals surface area contributed by atoms with Crippen molar-refractivity contribution in [3.05, 3.63) is 0 Å². The Labute approximate surface area is 138 Å². The Hall–Kier alpha value is 0.0900. The van der Waals surface area contributed by atoms with Gasteiger partial charge >= 0.3 is 15.5 Å². The predicted molar refractivity (Wildman–Crippen MR) is 83.8 cm³/mol. The third-order valence-electron chi connectivity index (χ3n) is 2.43. The van der Waals surface area contributed by atoms with Gasteiger partial charge in [0.25, 0.3) is 0 Å². The Bertz CT molecular complexity index is 485. The van der Waals surface area contributed by atoms with E-state index >= 15 is 0 Å². The highest BCUT2D eigenvalue weighted by molar-refractivity contribution is 9.09. The van der Waals surface area contributed by atoms with Crippen LogP contribution >= 0.6 is 15.9 Å². The Kier molecular flexibility index (Phi) is 11.9. The topological polar surface area (TPSA) is 83.6 Å². The lowest BCUT2D eigenvalue weighted by Crippen LogP contribution is -2.41. The van der Waals surface area contributed by atoms with E-state index in [9.17, 15) is 30.0 Å².